The van der Waals surface area contributed by atoms with Crippen LogP contribution in [0.2, 0.25) is 0 Å². The molecule has 102 valence electrons. The van der Waals surface area contributed by atoms with Gasteiger partial charge in [0.2, 0.25) is 5.56 Å². The summed E-state index contributed by atoms with van der Waals surface area (Å²) in [4.78, 5) is 11.3. The number of aromatic nitrogens is 1. The Morgan fingerprint density at radius 1 is 1.39 bits per heavy atom. The van der Waals surface area contributed by atoms with Crippen LogP contribution < -0.4 is 10.9 Å². The molecule has 0 aliphatic rings. The highest BCUT2D eigenvalue weighted by Gasteiger charge is 2.29. The van der Waals surface area contributed by atoms with Crippen molar-refractivity contribution in [2.75, 3.05) is 6.54 Å². The van der Waals surface area contributed by atoms with Crippen LogP contribution in [0, 0.1) is 0 Å². The van der Waals surface area contributed by atoms with E-state index >= 15 is 0 Å². The summed E-state index contributed by atoms with van der Waals surface area (Å²) >= 11 is 0. The molecule has 0 radical (unpaired) electrons. The van der Waals surface area contributed by atoms with Gasteiger partial charge in [-0.1, -0.05) is 6.07 Å². The summed E-state index contributed by atoms with van der Waals surface area (Å²) in [6, 6.07) is 4.26. The highest BCUT2D eigenvalue weighted by Crippen LogP contribution is 2.21. The first kappa shape index (κ1) is 14.8. The van der Waals surface area contributed by atoms with Crippen molar-refractivity contribution in [3.63, 3.8) is 0 Å². The van der Waals surface area contributed by atoms with E-state index in [1.165, 1.54) is 17.6 Å². The lowest BCUT2D eigenvalue weighted by Crippen LogP contribution is -2.32. The summed E-state index contributed by atoms with van der Waals surface area (Å²) in [5.74, 6) is 0. The lowest BCUT2D eigenvalue weighted by molar-refractivity contribution is -0.139. The summed E-state index contributed by atoms with van der Waals surface area (Å²) in [7, 11) is 0. The fourth-order valence-corrected chi connectivity index (χ4v) is 1.66. The van der Waals surface area contributed by atoms with Gasteiger partial charge in [-0.3, -0.25) is 4.79 Å². The van der Waals surface area contributed by atoms with Crippen LogP contribution in [0.1, 0.15) is 19.8 Å². The van der Waals surface area contributed by atoms with Crippen LogP contribution in [0.3, 0.4) is 0 Å². The molecule has 1 atom stereocenters. The number of alkyl halides is 3. The molecule has 0 spiro atoms. The summed E-state index contributed by atoms with van der Waals surface area (Å²) in [6.07, 6.45) is -2.69. The van der Waals surface area contributed by atoms with Crippen molar-refractivity contribution in [2.45, 2.75) is 38.5 Å². The quantitative estimate of drug-likeness (QED) is 0.797. The highest BCUT2D eigenvalue weighted by molar-refractivity contribution is 4.92. The molecule has 0 aliphatic heterocycles. The van der Waals surface area contributed by atoms with E-state index in [1.807, 2.05) is 0 Å². The zero-order valence-electron chi connectivity index (χ0n) is 10.2. The molecular weight excluding hydrogens is 245 g/mol. The molecular formula is C12H17F3N2O. The van der Waals surface area contributed by atoms with Gasteiger partial charge < -0.3 is 9.88 Å². The predicted molar refractivity (Wildman–Crippen MR) is 63.5 cm³/mol. The van der Waals surface area contributed by atoms with Crippen LogP contribution in [0.25, 0.3) is 0 Å². The molecule has 1 N–H and O–H groups in total. The Morgan fingerprint density at radius 2 is 2.11 bits per heavy atom. The number of nitrogens with one attached hydrogen (secondary N) is 1. The molecule has 1 rings (SSSR count). The number of aryl methyl sites for hydroxylation is 1. The molecule has 1 unspecified atom stereocenters. The van der Waals surface area contributed by atoms with Crippen LogP contribution in [0.5, 0.6) is 0 Å². The zero-order chi connectivity index (χ0) is 13.6. The monoisotopic (exact) mass is 262 g/mol. The maximum atomic E-state index is 12.0. The van der Waals surface area contributed by atoms with Crippen molar-refractivity contribution in [1.29, 1.82) is 0 Å². The number of rotatable bonds is 6. The fourth-order valence-electron chi connectivity index (χ4n) is 1.66. The van der Waals surface area contributed by atoms with Gasteiger partial charge in [0.05, 0.1) is 6.42 Å². The third-order valence-corrected chi connectivity index (χ3v) is 2.51. The molecule has 0 saturated heterocycles. The topological polar surface area (TPSA) is 34.0 Å². The smallest absolute Gasteiger partial charge is 0.315 e. The van der Waals surface area contributed by atoms with Gasteiger partial charge >= 0.3 is 6.18 Å². The lowest BCUT2D eigenvalue weighted by Gasteiger charge is -2.15. The molecule has 1 aromatic rings. The highest BCUT2D eigenvalue weighted by atomic mass is 19.4. The molecule has 0 fully saturated rings. The Bertz CT molecular complexity index is 414. The van der Waals surface area contributed by atoms with Crippen molar-refractivity contribution in [3.8, 4) is 0 Å². The third kappa shape index (κ3) is 5.86. The summed E-state index contributed by atoms with van der Waals surface area (Å²) in [5.41, 5.74) is -0.0964. The normalized spacial score (nSPS) is 13.6. The largest absolute Gasteiger partial charge is 0.390 e. The minimum absolute atomic E-state index is 0.0964. The van der Waals surface area contributed by atoms with Gasteiger partial charge in [0.25, 0.3) is 0 Å². The van der Waals surface area contributed by atoms with Crippen LogP contribution in [-0.2, 0) is 6.54 Å². The molecule has 3 nitrogen and oxygen atoms in total. The minimum Gasteiger partial charge on any atom is -0.315 e. The molecule has 1 aromatic heterocycles. The zero-order valence-corrected chi connectivity index (χ0v) is 10.2. The van der Waals surface area contributed by atoms with Crippen LogP contribution in [0.4, 0.5) is 13.2 Å². The minimum atomic E-state index is -4.14. The molecule has 18 heavy (non-hydrogen) atoms. The number of halogens is 3. The van der Waals surface area contributed by atoms with Gasteiger partial charge in [-0.25, -0.2) is 0 Å². The van der Waals surface area contributed by atoms with Crippen molar-refractivity contribution in [2.24, 2.45) is 0 Å². The van der Waals surface area contributed by atoms with Gasteiger partial charge in [0, 0.05) is 24.8 Å². The third-order valence-electron chi connectivity index (χ3n) is 2.51. The average molecular weight is 262 g/mol. The second-order valence-corrected chi connectivity index (χ2v) is 4.26. The van der Waals surface area contributed by atoms with Gasteiger partial charge in [0.15, 0.2) is 0 Å². The van der Waals surface area contributed by atoms with Gasteiger partial charge in [0.1, 0.15) is 0 Å². The summed E-state index contributed by atoms with van der Waals surface area (Å²) in [6.45, 7) is 2.46. The van der Waals surface area contributed by atoms with Crippen molar-refractivity contribution < 1.29 is 13.2 Å². The molecule has 0 aromatic carbocycles. The second kappa shape index (κ2) is 6.58. The first-order chi connectivity index (χ1) is 8.38. The van der Waals surface area contributed by atoms with Gasteiger partial charge in [-0.15, -0.1) is 0 Å². The molecule has 1 heterocycles. The fraction of sp³-hybridized carbons (Fsp3) is 0.583. The SMILES string of the molecule is CC(CC(F)(F)F)NCCCn1ccccc1=O. The predicted octanol–water partition coefficient (Wildman–Crippen LogP) is 2.17. The van der Waals surface area contributed by atoms with Gasteiger partial charge in [-0.2, -0.15) is 13.2 Å². The van der Waals surface area contributed by atoms with E-state index in [4.69, 9.17) is 0 Å². The Balaban J connectivity index is 2.23. The van der Waals surface area contributed by atoms with Crippen LogP contribution in [0.15, 0.2) is 29.2 Å². The van der Waals surface area contributed by atoms with Gasteiger partial charge in [-0.05, 0) is 26.0 Å². The molecule has 0 amide bonds. The van der Waals surface area contributed by atoms with E-state index in [-0.39, 0.29) is 5.56 Å². The number of nitrogens with zero attached hydrogens (tertiary/aromatic N) is 1. The summed E-state index contributed by atoms with van der Waals surface area (Å²) in [5, 5.41) is 2.79. The van der Waals surface area contributed by atoms with E-state index in [1.54, 1.807) is 18.3 Å². The van der Waals surface area contributed by atoms with E-state index < -0.39 is 18.6 Å². The first-order valence-corrected chi connectivity index (χ1v) is 5.84. The number of pyridine rings is 1. The standard InChI is InChI=1S/C12H17F3N2O/c1-10(9-12(13,14)15)16-6-4-8-17-7-3-2-5-11(17)18/h2-3,5,7,10,16H,4,6,8-9H2,1H3. The second-order valence-electron chi connectivity index (χ2n) is 4.26. The van der Waals surface area contributed by atoms with Crippen LogP contribution >= 0.6 is 0 Å². The van der Waals surface area contributed by atoms with Crippen molar-refractivity contribution >= 4 is 0 Å². The Labute approximate surface area is 104 Å². The van der Waals surface area contributed by atoms with E-state index in [2.05, 4.69) is 5.32 Å². The first-order valence-electron chi connectivity index (χ1n) is 5.84. The van der Waals surface area contributed by atoms with Crippen molar-refractivity contribution in [1.82, 2.24) is 9.88 Å². The van der Waals surface area contributed by atoms with E-state index in [0.717, 1.165) is 0 Å². The Kier molecular flexibility index (Phi) is 5.40. The Hall–Kier alpha value is -1.30. The number of hydrogen-bond acceptors (Lipinski definition) is 2. The molecule has 0 saturated carbocycles. The maximum absolute atomic E-state index is 12.0. The maximum Gasteiger partial charge on any atom is 0.390 e. The number of hydrogen-bond donors (Lipinski definition) is 1. The van der Waals surface area contributed by atoms with E-state index in [0.29, 0.717) is 19.5 Å². The molecule has 6 heteroatoms. The summed E-state index contributed by atoms with van der Waals surface area (Å²) < 4.78 is 37.7. The lowest BCUT2D eigenvalue weighted by atomic mass is 10.2. The van der Waals surface area contributed by atoms with Crippen LogP contribution in [-0.4, -0.2) is 23.3 Å². The molecule has 0 bridgehead atoms. The molecule has 0 aliphatic carbocycles. The van der Waals surface area contributed by atoms with E-state index in [9.17, 15) is 18.0 Å². The average Bonchev–Trinajstić information content (AvgIpc) is 2.24. The van der Waals surface area contributed by atoms with Crippen molar-refractivity contribution in [3.05, 3.63) is 34.7 Å². The Morgan fingerprint density at radius 3 is 2.72 bits per heavy atom.